The molecule has 0 radical (unpaired) electrons. The van der Waals surface area contributed by atoms with E-state index < -0.39 is 0 Å². The molecule has 1 unspecified atom stereocenters. The van der Waals surface area contributed by atoms with Crippen molar-refractivity contribution in [2.45, 2.75) is 50.6 Å². The van der Waals surface area contributed by atoms with Crippen molar-refractivity contribution in [1.29, 1.82) is 0 Å². The Bertz CT molecular complexity index is 399. The van der Waals surface area contributed by atoms with Crippen LogP contribution >= 0.6 is 0 Å². The van der Waals surface area contributed by atoms with Gasteiger partial charge in [0.1, 0.15) is 5.75 Å². The highest BCUT2D eigenvalue weighted by Crippen LogP contribution is 2.30. The van der Waals surface area contributed by atoms with Gasteiger partial charge >= 0.3 is 0 Å². The van der Waals surface area contributed by atoms with Crippen LogP contribution in [0.4, 0.5) is 0 Å². The molecule has 1 aliphatic rings. The van der Waals surface area contributed by atoms with E-state index in [0.29, 0.717) is 6.04 Å². The number of aliphatic hydroxyl groups excluding tert-OH is 1. The Morgan fingerprint density at radius 3 is 2.63 bits per heavy atom. The Hall–Kier alpha value is -1.06. The number of methoxy groups -OCH3 is 1. The van der Waals surface area contributed by atoms with Crippen LogP contribution in [0.25, 0.3) is 0 Å². The van der Waals surface area contributed by atoms with E-state index in [1.807, 2.05) is 18.2 Å². The molecule has 0 aliphatic heterocycles. The Kier molecular flexibility index (Phi) is 4.83. The van der Waals surface area contributed by atoms with Crippen LogP contribution in [-0.2, 0) is 6.42 Å². The molecule has 2 rings (SSSR count). The lowest BCUT2D eigenvalue weighted by molar-refractivity contribution is 0.153. The lowest BCUT2D eigenvalue weighted by Crippen LogP contribution is -2.50. The first-order chi connectivity index (χ1) is 9.19. The molecule has 1 fully saturated rings. The van der Waals surface area contributed by atoms with Crippen LogP contribution in [0.5, 0.6) is 5.75 Å². The summed E-state index contributed by atoms with van der Waals surface area (Å²) in [6.45, 7) is 2.42. The Morgan fingerprint density at radius 2 is 2.00 bits per heavy atom. The zero-order chi connectivity index (χ0) is 13.7. The number of hydrogen-bond donors (Lipinski definition) is 2. The summed E-state index contributed by atoms with van der Waals surface area (Å²) in [5.41, 5.74) is 1.16. The van der Waals surface area contributed by atoms with Crippen molar-refractivity contribution < 1.29 is 9.84 Å². The molecule has 3 nitrogen and oxygen atoms in total. The number of aliphatic hydroxyl groups is 1. The summed E-state index contributed by atoms with van der Waals surface area (Å²) in [5, 5.41) is 13.3. The van der Waals surface area contributed by atoms with E-state index in [0.717, 1.165) is 25.0 Å². The highest BCUT2D eigenvalue weighted by Gasteiger charge is 2.33. The molecule has 3 heteroatoms. The van der Waals surface area contributed by atoms with Crippen LogP contribution in [-0.4, -0.2) is 30.4 Å². The van der Waals surface area contributed by atoms with Gasteiger partial charge in [0.15, 0.2) is 0 Å². The zero-order valence-corrected chi connectivity index (χ0v) is 12.0. The van der Waals surface area contributed by atoms with E-state index >= 15 is 0 Å². The normalized spacial score (nSPS) is 19.3. The van der Waals surface area contributed by atoms with Gasteiger partial charge in [0, 0.05) is 11.6 Å². The van der Waals surface area contributed by atoms with Gasteiger partial charge in [0.25, 0.3) is 0 Å². The second kappa shape index (κ2) is 6.40. The van der Waals surface area contributed by atoms with Crippen molar-refractivity contribution in [1.82, 2.24) is 5.32 Å². The second-order valence-corrected chi connectivity index (χ2v) is 5.71. The number of ether oxygens (including phenoxy) is 1. The third-order valence-electron chi connectivity index (χ3n) is 4.13. The minimum absolute atomic E-state index is 0.0541. The van der Waals surface area contributed by atoms with Crippen LogP contribution in [0.2, 0.25) is 0 Å². The Balaban J connectivity index is 1.98. The van der Waals surface area contributed by atoms with Gasteiger partial charge in [-0.1, -0.05) is 31.0 Å². The van der Waals surface area contributed by atoms with Gasteiger partial charge < -0.3 is 15.2 Å². The summed E-state index contributed by atoms with van der Waals surface area (Å²) in [4.78, 5) is 0. The lowest BCUT2D eigenvalue weighted by atomic mass is 9.96. The van der Waals surface area contributed by atoms with Crippen molar-refractivity contribution in [2.75, 3.05) is 13.7 Å². The van der Waals surface area contributed by atoms with Gasteiger partial charge in [0.2, 0.25) is 0 Å². The molecule has 19 heavy (non-hydrogen) atoms. The third-order valence-corrected chi connectivity index (χ3v) is 4.13. The van der Waals surface area contributed by atoms with Gasteiger partial charge in [-0.15, -0.1) is 0 Å². The maximum atomic E-state index is 9.65. The maximum absolute atomic E-state index is 9.65. The molecule has 0 saturated heterocycles. The van der Waals surface area contributed by atoms with E-state index in [2.05, 4.69) is 18.3 Å². The molecule has 1 aromatic carbocycles. The van der Waals surface area contributed by atoms with Crippen molar-refractivity contribution >= 4 is 0 Å². The van der Waals surface area contributed by atoms with Gasteiger partial charge in [0.05, 0.1) is 13.7 Å². The van der Waals surface area contributed by atoms with E-state index in [1.165, 1.54) is 18.4 Å². The molecule has 1 aromatic rings. The topological polar surface area (TPSA) is 41.5 Å². The molecule has 0 spiro atoms. The molecule has 0 amide bonds. The lowest BCUT2D eigenvalue weighted by Gasteiger charge is -2.32. The molecule has 0 heterocycles. The van der Waals surface area contributed by atoms with E-state index in [-0.39, 0.29) is 12.1 Å². The largest absolute Gasteiger partial charge is 0.496 e. The molecule has 0 bridgehead atoms. The zero-order valence-electron chi connectivity index (χ0n) is 12.0. The van der Waals surface area contributed by atoms with E-state index in [9.17, 15) is 5.11 Å². The van der Waals surface area contributed by atoms with Crippen LogP contribution in [0.1, 0.15) is 38.2 Å². The molecular weight excluding hydrogens is 238 g/mol. The molecular formula is C16H25NO2. The first kappa shape index (κ1) is 14.4. The first-order valence-corrected chi connectivity index (χ1v) is 7.19. The molecule has 106 valence electrons. The monoisotopic (exact) mass is 263 g/mol. The molecule has 1 atom stereocenters. The van der Waals surface area contributed by atoms with E-state index in [1.54, 1.807) is 7.11 Å². The average molecular weight is 263 g/mol. The highest BCUT2D eigenvalue weighted by atomic mass is 16.5. The van der Waals surface area contributed by atoms with Crippen molar-refractivity contribution in [3.8, 4) is 5.75 Å². The van der Waals surface area contributed by atoms with Gasteiger partial charge in [-0.2, -0.15) is 0 Å². The van der Waals surface area contributed by atoms with Crippen LogP contribution in [0.15, 0.2) is 24.3 Å². The quantitative estimate of drug-likeness (QED) is 0.828. The summed E-state index contributed by atoms with van der Waals surface area (Å²) >= 11 is 0. The number of hydrogen-bond acceptors (Lipinski definition) is 3. The maximum Gasteiger partial charge on any atom is 0.122 e. The SMILES string of the molecule is COc1ccccc1CC(C)NC1(CO)CCCC1. The molecule has 0 aromatic heterocycles. The number of benzene rings is 1. The van der Waals surface area contributed by atoms with Crippen molar-refractivity contribution in [3.05, 3.63) is 29.8 Å². The smallest absolute Gasteiger partial charge is 0.122 e. The van der Waals surface area contributed by atoms with Crippen LogP contribution < -0.4 is 10.1 Å². The van der Waals surface area contributed by atoms with Crippen molar-refractivity contribution in [3.63, 3.8) is 0 Å². The molecule has 1 saturated carbocycles. The van der Waals surface area contributed by atoms with Gasteiger partial charge in [-0.05, 0) is 37.8 Å². The number of nitrogens with one attached hydrogen (secondary N) is 1. The highest BCUT2D eigenvalue weighted by molar-refractivity contribution is 5.33. The summed E-state index contributed by atoms with van der Waals surface area (Å²) in [5.74, 6) is 0.945. The number of para-hydroxylation sites is 1. The fourth-order valence-electron chi connectivity index (χ4n) is 3.18. The minimum atomic E-state index is -0.0541. The predicted octanol–water partition coefficient (Wildman–Crippen LogP) is 2.52. The fourth-order valence-corrected chi connectivity index (χ4v) is 3.18. The standard InChI is InChI=1S/C16H25NO2/c1-13(17-16(12-18)9-5-6-10-16)11-14-7-3-4-8-15(14)19-2/h3-4,7-8,13,17-18H,5-6,9-12H2,1-2H3. The average Bonchev–Trinajstić information content (AvgIpc) is 2.88. The summed E-state index contributed by atoms with van der Waals surface area (Å²) in [7, 11) is 1.71. The first-order valence-electron chi connectivity index (χ1n) is 7.19. The molecule has 1 aliphatic carbocycles. The summed E-state index contributed by atoms with van der Waals surface area (Å²) in [6.07, 6.45) is 5.52. The second-order valence-electron chi connectivity index (χ2n) is 5.71. The summed E-state index contributed by atoms with van der Waals surface area (Å²) < 4.78 is 5.39. The number of rotatable bonds is 6. The van der Waals surface area contributed by atoms with Gasteiger partial charge in [-0.3, -0.25) is 0 Å². The Labute approximate surface area is 116 Å². The van der Waals surface area contributed by atoms with E-state index in [4.69, 9.17) is 4.74 Å². The Morgan fingerprint density at radius 1 is 1.32 bits per heavy atom. The van der Waals surface area contributed by atoms with Gasteiger partial charge in [-0.25, -0.2) is 0 Å². The van der Waals surface area contributed by atoms with Crippen LogP contribution in [0, 0.1) is 0 Å². The minimum Gasteiger partial charge on any atom is -0.496 e. The fraction of sp³-hybridized carbons (Fsp3) is 0.625. The summed E-state index contributed by atoms with van der Waals surface area (Å²) in [6, 6.07) is 8.48. The molecule has 2 N–H and O–H groups in total. The third kappa shape index (κ3) is 3.48. The van der Waals surface area contributed by atoms with Crippen LogP contribution in [0.3, 0.4) is 0 Å². The predicted molar refractivity (Wildman–Crippen MR) is 77.6 cm³/mol. The van der Waals surface area contributed by atoms with Crippen molar-refractivity contribution in [2.24, 2.45) is 0 Å².